The summed E-state index contributed by atoms with van der Waals surface area (Å²) in [5.41, 5.74) is -0.845. The first-order valence-electron chi connectivity index (χ1n) is 7.29. The number of anilines is 1. The van der Waals surface area contributed by atoms with Crippen LogP contribution < -0.4 is 20.1 Å². The molecular formula is C16H23ClN2O4. The van der Waals surface area contributed by atoms with E-state index in [-0.39, 0.29) is 5.91 Å². The van der Waals surface area contributed by atoms with Crippen LogP contribution >= 0.6 is 11.6 Å². The van der Waals surface area contributed by atoms with Crippen LogP contribution in [0.1, 0.15) is 27.2 Å². The molecule has 0 spiro atoms. The van der Waals surface area contributed by atoms with Crippen LogP contribution in [0.5, 0.6) is 11.5 Å². The Labute approximate surface area is 141 Å². The van der Waals surface area contributed by atoms with Crippen LogP contribution in [0.15, 0.2) is 12.1 Å². The fourth-order valence-corrected chi connectivity index (χ4v) is 2.03. The summed E-state index contributed by atoms with van der Waals surface area (Å²) in [6, 6.07) is 3.10. The molecule has 23 heavy (non-hydrogen) atoms. The second kappa shape index (κ2) is 8.06. The minimum absolute atomic E-state index is 0.336. The highest BCUT2D eigenvalue weighted by Gasteiger charge is 2.36. The second-order valence-corrected chi connectivity index (χ2v) is 5.93. The van der Waals surface area contributed by atoms with Gasteiger partial charge in [0.25, 0.3) is 0 Å². The van der Waals surface area contributed by atoms with Crippen molar-refractivity contribution >= 4 is 29.1 Å². The van der Waals surface area contributed by atoms with Crippen LogP contribution in [0.2, 0.25) is 5.02 Å². The Hall–Kier alpha value is -1.95. The van der Waals surface area contributed by atoms with Crippen molar-refractivity contribution in [2.75, 3.05) is 26.1 Å². The quantitative estimate of drug-likeness (QED) is 0.747. The van der Waals surface area contributed by atoms with Gasteiger partial charge in [-0.1, -0.05) is 18.5 Å². The van der Waals surface area contributed by atoms with E-state index in [1.807, 2.05) is 6.92 Å². The molecule has 0 aliphatic heterocycles. The van der Waals surface area contributed by atoms with Crippen molar-refractivity contribution in [2.24, 2.45) is 5.41 Å². The Morgan fingerprint density at radius 2 is 1.74 bits per heavy atom. The molecule has 128 valence electrons. The molecular weight excluding hydrogens is 320 g/mol. The van der Waals surface area contributed by atoms with Crippen LogP contribution in [0, 0.1) is 5.41 Å². The minimum atomic E-state index is -1.23. The highest BCUT2D eigenvalue weighted by Crippen LogP contribution is 2.36. The molecule has 0 atom stereocenters. The number of ether oxygens (including phenoxy) is 2. The van der Waals surface area contributed by atoms with Gasteiger partial charge in [0.2, 0.25) is 11.8 Å². The molecule has 1 aromatic rings. The largest absolute Gasteiger partial charge is 0.495 e. The van der Waals surface area contributed by atoms with Gasteiger partial charge in [-0.3, -0.25) is 9.59 Å². The van der Waals surface area contributed by atoms with Gasteiger partial charge >= 0.3 is 0 Å². The first-order chi connectivity index (χ1) is 10.8. The summed E-state index contributed by atoms with van der Waals surface area (Å²) >= 11 is 6.03. The lowest BCUT2D eigenvalue weighted by Gasteiger charge is -2.23. The molecule has 0 saturated heterocycles. The molecule has 0 unspecified atom stereocenters. The van der Waals surface area contributed by atoms with E-state index in [4.69, 9.17) is 21.1 Å². The Morgan fingerprint density at radius 1 is 1.13 bits per heavy atom. The van der Waals surface area contributed by atoms with Gasteiger partial charge in [0.1, 0.15) is 16.9 Å². The molecule has 0 saturated carbocycles. The predicted molar refractivity (Wildman–Crippen MR) is 90.3 cm³/mol. The van der Waals surface area contributed by atoms with E-state index >= 15 is 0 Å². The second-order valence-electron chi connectivity index (χ2n) is 5.52. The molecule has 6 nitrogen and oxygen atoms in total. The van der Waals surface area contributed by atoms with Gasteiger partial charge in [0.05, 0.1) is 24.9 Å². The predicted octanol–water partition coefficient (Wildman–Crippen LogP) is 2.85. The number of methoxy groups -OCH3 is 2. The van der Waals surface area contributed by atoms with Crippen molar-refractivity contribution in [1.29, 1.82) is 0 Å². The molecule has 0 aliphatic carbocycles. The van der Waals surface area contributed by atoms with Gasteiger partial charge in [-0.15, -0.1) is 0 Å². The fourth-order valence-electron chi connectivity index (χ4n) is 1.80. The maximum absolute atomic E-state index is 12.5. The van der Waals surface area contributed by atoms with E-state index in [0.29, 0.717) is 28.8 Å². The molecule has 0 aliphatic rings. The van der Waals surface area contributed by atoms with Crippen molar-refractivity contribution < 1.29 is 19.1 Å². The summed E-state index contributed by atoms with van der Waals surface area (Å²) in [7, 11) is 2.94. The third-order valence-corrected chi connectivity index (χ3v) is 3.69. The topological polar surface area (TPSA) is 76.7 Å². The van der Waals surface area contributed by atoms with Crippen molar-refractivity contribution in [3.63, 3.8) is 0 Å². The standard InChI is InChI=1S/C16H23ClN2O4/c1-6-7-18-14(20)16(2,3)15(21)19-11-9-12(22-4)10(17)8-13(11)23-5/h8-9H,6-7H2,1-5H3,(H,18,20)(H,19,21). The maximum Gasteiger partial charge on any atom is 0.239 e. The lowest BCUT2D eigenvalue weighted by atomic mass is 9.91. The Kier molecular flexibility index (Phi) is 6.69. The van der Waals surface area contributed by atoms with Crippen molar-refractivity contribution in [3.05, 3.63) is 17.2 Å². The number of rotatable bonds is 7. The van der Waals surface area contributed by atoms with E-state index in [1.54, 1.807) is 26.0 Å². The van der Waals surface area contributed by atoms with Crippen LogP contribution in [0.25, 0.3) is 0 Å². The molecule has 0 radical (unpaired) electrons. The van der Waals surface area contributed by atoms with E-state index in [1.165, 1.54) is 14.2 Å². The highest BCUT2D eigenvalue weighted by atomic mass is 35.5. The lowest BCUT2D eigenvalue weighted by molar-refractivity contribution is -0.138. The average Bonchev–Trinajstić information content (AvgIpc) is 2.53. The molecule has 0 fully saturated rings. The maximum atomic E-state index is 12.5. The smallest absolute Gasteiger partial charge is 0.239 e. The Bertz CT molecular complexity index is 588. The van der Waals surface area contributed by atoms with Gasteiger partial charge < -0.3 is 20.1 Å². The first kappa shape index (κ1) is 19.1. The molecule has 2 amide bonds. The zero-order valence-corrected chi connectivity index (χ0v) is 14.8. The summed E-state index contributed by atoms with van der Waals surface area (Å²) in [6.45, 7) is 5.59. The number of benzene rings is 1. The van der Waals surface area contributed by atoms with Crippen molar-refractivity contribution in [2.45, 2.75) is 27.2 Å². The Morgan fingerprint density at radius 3 is 2.26 bits per heavy atom. The van der Waals surface area contributed by atoms with Crippen LogP contribution in [0.3, 0.4) is 0 Å². The molecule has 2 N–H and O–H groups in total. The van der Waals surface area contributed by atoms with E-state index in [2.05, 4.69) is 10.6 Å². The molecule has 0 bridgehead atoms. The summed E-state index contributed by atoms with van der Waals surface area (Å²) in [5, 5.41) is 5.78. The number of carbonyl (C=O) groups is 2. The Balaban J connectivity index is 3.02. The van der Waals surface area contributed by atoms with Crippen molar-refractivity contribution in [3.8, 4) is 11.5 Å². The summed E-state index contributed by atoms with van der Waals surface area (Å²) in [5.74, 6) is -0.00422. The molecule has 0 aromatic heterocycles. The number of hydrogen-bond acceptors (Lipinski definition) is 4. The highest BCUT2D eigenvalue weighted by molar-refractivity contribution is 6.32. The minimum Gasteiger partial charge on any atom is -0.495 e. The SMILES string of the molecule is CCCNC(=O)C(C)(C)C(=O)Nc1cc(OC)c(Cl)cc1OC. The third-order valence-electron chi connectivity index (χ3n) is 3.39. The molecule has 7 heteroatoms. The van der Waals surface area contributed by atoms with Gasteiger partial charge in [-0.05, 0) is 20.3 Å². The number of hydrogen-bond donors (Lipinski definition) is 2. The van der Waals surface area contributed by atoms with Crippen molar-refractivity contribution in [1.82, 2.24) is 5.32 Å². The summed E-state index contributed by atoms with van der Waals surface area (Å²) in [4.78, 5) is 24.6. The van der Waals surface area contributed by atoms with Gasteiger partial charge in [-0.2, -0.15) is 0 Å². The third kappa shape index (κ3) is 4.51. The van der Waals surface area contributed by atoms with Crippen LogP contribution in [-0.4, -0.2) is 32.6 Å². The average molecular weight is 343 g/mol. The fraction of sp³-hybridized carbons (Fsp3) is 0.500. The zero-order valence-electron chi connectivity index (χ0n) is 14.1. The molecule has 0 heterocycles. The zero-order chi connectivity index (χ0) is 17.6. The number of carbonyl (C=O) groups excluding carboxylic acids is 2. The number of nitrogens with one attached hydrogen (secondary N) is 2. The van der Waals surface area contributed by atoms with E-state index in [9.17, 15) is 9.59 Å². The number of amides is 2. The van der Waals surface area contributed by atoms with E-state index < -0.39 is 11.3 Å². The monoisotopic (exact) mass is 342 g/mol. The summed E-state index contributed by atoms with van der Waals surface area (Å²) in [6.07, 6.45) is 0.797. The number of halogens is 1. The van der Waals surface area contributed by atoms with Gasteiger partial charge in [0.15, 0.2) is 0 Å². The normalized spacial score (nSPS) is 10.9. The molecule has 1 rings (SSSR count). The molecule has 1 aromatic carbocycles. The van der Waals surface area contributed by atoms with Crippen LogP contribution in [-0.2, 0) is 9.59 Å². The summed E-state index contributed by atoms with van der Waals surface area (Å²) < 4.78 is 10.3. The van der Waals surface area contributed by atoms with Gasteiger partial charge in [-0.25, -0.2) is 0 Å². The first-order valence-corrected chi connectivity index (χ1v) is 7.67. The van der Waals surface area contributed by atoms with E-state index in [0.717, 1.165) is 6.42 Å². The van der Waals surface area contributed by atoms with Crippen LogP contribution in [0.4, 0.5) is 5.69 Å². The van der Waals surface area contributed by atoms with Gasteiger partial charge in [0, 0.05) is 18.7 Å². The lowest BCUT2D eigenvalue weighted by Crippen LogP contribution is -2.45.